The third-order valence-electron chi connectivity index (χ3n) is 6.21. The van der Waals surface area contributed by atoms with Crippen molar-refractivity contribution in [1.82, 2.24) is 20.1 Å². The van der Waals surface area contributed by atoms with E-state index < -0.39 is 6.04 Å². The lowest BCUT2D eigenvalue weighted by atomic mass is 9.93. The summed E-state index contributed by atoms with van der Waals surface area (Å²) in [5.74, 6) is 0.403. The van der Waals surface area contributed by atoms with Crippen LogP contribution in [0.25, 0.3) is 22.2 Å². The number of anilines is 1. The Bertz CT molecular complexity index is 1070. The molecule has 1 saturated heterocycles. The molecule has 1 atom stereocenters. The van der Waals surface area contributed by atoms with Gasteiger partial charge in [-0.25, -0.2) is 4.98 Å². The smallest absolute Gasteiger partial charge is 0.316 e. The largest absolute Gasteiger partial charge is 0.403 e. The van der Waals surface area contributed by atoms with E-state index in [1.165, 1.54) is 12.8 Å². The average Bonchev–Trinajstić information content (AvgIpc) is 3.33. The minimum Gasteiger partial charge on any atom is -0.403 e. The first kappa shape index (κ1) is 18.4. The van der Waals surface area contributed by atoms with Gasteiger partial charge >= 0.3 is 6.01 Å². The Hall–Kier alpha value is -2.67. The topological polar surface area (TPSA) is 84.1 Å². The molecule has 5 rings (SSSR count). The first-order valence-electron chi connectivity index (χ1n) is 9.97. The first-order valence-corrected chi connectivity index (χ1v) is 10.3. The lowest BCUT2D eigenvalue weighted by Crippen LogP contribution is -2.45. The summed E-state index contributed by atoms with van der Waals surface area (Å²) in [6.07, 6.45) is 6.50. The minimum absolute atomic E-state index is 0.0684. The van der Waals surface area contributed by atoms with E-state index in [1.807, 2.05) is 36.1 Å². The predicted molar refractivity (Wildman–Crippen MR) is 111 cm³/mol. The van der Waals surface area contributed by atoms with Gasteiger partial charge in [0, 0.05) is 24.7 Å². The monoisotopic (exact) mass is 411 g/mol. The predicted octanol–water partition coefficient (Wildman–Crippen LogP) is 4.14. The van der Waals surface area contributed by atoms with Crippen molar-refractivity contribution >= 4 is 34.3 Å². The van der Waals surface area contributed by atoms with Gasteiger partial charge in [0.25, 0.3) is 5.89 Å². The van der Waals surface area contributed by atoms with E-state index in [4.69, 9.17) is 16.0 Å². The highest BCUT2D eigenvalue weighted by atomic mass is 35.5. The molecule has 1 aliphatic heterocycles. The number of rotatable bonds is 4. The van der Waals surface area contributed by atoms with Gasteiger partial charge in [-0.3, -0.25) is 4.79 Å². The van der Waals surface area contributed by atoms with Gasteiger partial charge in [0.2, 0.25) is 5.91 Å². The number of aromatic nitrogens is 3. The van der Waals surface area contributed by atoms with Crippen LogP contribution in [0.4, 0.5) is 6.01 Å². The molecule has 29 heavy (non-hydrogen) atoms. The molecule has 8 heteroatoms. The average molecular weight is 412 g/mol. The Morgan fingerprint density at radius 1 is 1.17 bits per heavy atom. The number of benzene rings is 1. The van der Waals surface area contributed by atoms with E-state index >= 15 is 0 Å². The van der Waals surface area contributed by atoms with Crippen molar-refractivity contribution in [2.75, 3.05) is 18.4 Å². The molecule has 1 amide bonds. The molecule has 2 fully saturated rings. The highest BCUT2D eigenvalue weighted by molar-refractivity contribution is 6.34. The summed E-state index contributed by atoms with van der Waals surface area (Å²) < 4.78 is 5.78. The number of nitrogens with zero attached hydrogens (tertiary/aromatic N) is 4. The summed E-state index contributed by atoms with van der Waals surface area (Å²) in [7, 11) is 0. The fourth-order valence-corrected chi connectivity index (χ4v) is 4.33. The van der Waals surface area contributed by atoms with Crippen molar-refractivity contribution < 1.29 is 9.21 Å². The summed E-state index contributed by atoms with van der Waals surface area (Å²) in [5, 5.41) is 13.4. The van der Waals surface area contributed by atoms with Crippen molar-refractivity contribution in [3.05, 3.63) is 35.6 Å². The lowest BCUT2D eigenvalue weighted by Gasteiger charge is -2.33. The lowest BCUT2D eigenvalue weighted by molar-refractivity contribution is -0.133. The van der Waals surface area contributed by atoms with Gasteiger partial charge in [0.05, 0.1) is 5.56 Å². The second kappa shape index (κ2) is 6.99. The third-order valence-corrected chi connectivity index (χ3v) is 6.51. The Morgan fingerprint density at radius 3 is 2.62 bits per heavy atom. The van der Waals surface area contributed by atoms with Crippen LogP contribution in [0, 0.1) is 5.41 Å². The van der Waals surface area contributed by atoms with Crippen LogP contribution in [0.15, 0.2) is 34.9 Å². The molecule has 0 bridgehead atoms. The van der Waals surface area contributed by atoms with Gasteiger partial charge in [-0.2, -0.15) is 0 Å². The van der Waals surface area contributed by atoms with Crippen LogP contribution in [0.5, 0.6) is 0 Å². The van der Waals surface area contributed by atoms with Crippen molar-refractivity contribution in [1.29, 1.82) is 0 Å². The molecule has 1 saturated carbocycles. The van der Waals surface area contributed by atoms with E-state index in [1.54, 1.807) is 6.20 Å². The van der Waals surface area contributed by atoms with E-state index in [-0.39, 0.29) is 11.9 Å². The quantitative estimate of drug-likeness (QED) is 0.649. The zero-order valence-electron chi connectivity index (χ0n) is 16.2. The number of likely N-dealkylation sites (tertiary alicyclic amines) is 1. The molecule has 2 aromatic heterocycles. The molecular formula is C21H22ClN5O2. The maximum absolute atomic E-state index is 12.8. The number of carbonyl (C=O) groups is 1. The maximum Gasteiger partial charge on any atom is 0.316 e. The molecular weight excluding hydrogens is 390 g/mol. The van der Waals surface area contributed by atoms with Crippen LogP contribution in [-0.4, -0.2) is 45.1 Å². The number of hydrogen-bond acceptors (Lipinski definition) is 6. The van der Waals surface area contributed by atoms with Crippen LogP contribution < -0.4 is 5.32 Å². The normalized spacial score (nSPS) is 18.8. The summed E-state index contributed by atoms with van der Waals surface area (Å²) in [5.41, 5.74) is 1.25. The molecule has 150 valence electrons. The van der Waals surface area contributed by atoms with Gasteiger partial charge in [-0.05, 0) is 43.4 Å². The van der Waals surface area contributed by atoms with Crippen LogP contribution >= 0.6 is 11.6 Å². The summed E-state index contributed by atoms with van der Waals surface area (Å²) >= 11 is 6.19. The number of halogens is 1. The fraction of sp³-hybridized carbons (Fsp3) is 0.429. The van der Waals surface area contributed by atoms with Gasteiger partial charge in [-0.15, -0.1) is 5.10 Å². The van der Waals surface area contributed by atoms with Crippen molar-refractivity contribution in [3.63, 3.8) is 0 Å². The molecule has 3 aromatic rings. The fourth-order valence-electron chi connectivity index (χ4n) is 4.12. The van der Waals surface area contributed by atoms with E-state index in [2.05, 4.69) is 20.5 Å². The standard InChI is InChI=1S/C21H22ClN5O2/c1-13(19(28)27-10-8-21(6-7-21)9-11-27)24-20-26-25-18(29-20)16-12-23-17(22)15-5-3-2-4-14(15)16/h2-5,12-13H,6-11H2,1H3,(H,24,26)/t13-/m0/s1. The van der Waals surface area contributed by atoms with Crippen LogP contribution in [0.3, 0.4) is 0 Å². The molecule has 3 heterocycles. The van der Waals surface area contributed by atoms with Crippen LogP contribution in [0.1, 0.15) is 32.6 Å². The summed E-state index contributed by atoms with van der Waals surface area (Å²) in [6.45, 7) is 3.50. The Labute approximate surface area is 173 Å². The first-order chi connectivity index (χ1) is 14.0. The number of carbonyl (C=O) groups excluding carboxylic acids is 1. The molecule has 1 aliphatic carbocycles. The molecule has 1 N–H and O–H groups in total. The van der Waals surface area contributed by atoms with Gasteiger partial charge in [-0.1, -0.05) is 41.0 Å². The van der Waals surface area contributed by atoms with E-state index in [0.29, 0.717) is 22.0 Å². The number of nitrogens with one attached hydrogen (secondary N) is 1. The van der Waals surface area contributed by atoms with E-state index in [9.17, 15) is 4.79 Å². The number of amides is 1. The zero-order chi connectivity index (χ0) is 20.0. The minimum atomic E-state index is -0.434. The summed E-state index contributed by atoms with van der Waals surface area (Å²) in [4.78, 5) is 18.9. The van der Waals surface area contributed by atoms with Gasteiger partial charge < -0.3 is 14.6 Å². The number of hydrogen-bond donors (Lipinski definition) is 1. The molecule has 2 aliphatic rings. The second-order valence-electron chi connectivity index (χ2n) is 8.11. The maximum atomic E-state index is 12.8. The van der Waals surface area contributed by atoms with Gasteiger partial charge in [0.15, 0.2) is 0 Å². The second-order valence-corrected chi connectivity index (χ2v) is 8.47. The SMILES string of the molecule is C[C@H](Nc1nnc(-c2cnc(Cl)c3ccccc23)o1)C(=O)N1CCC2(CC1)CC2. The Morgan fingerprint density at radius 2 is 1.90 bits per heavy atom. The van der Waals surface area contributed by atoms with Crippen molar-refractivity contribution in [3.8, 4) is 11.5 Å². The number of fused-ring (bicyclic) bond motifs is 1. The molecule has 0 radical (unpaired) electrons. The molecule has 7 nitrogen and oxygen atoms in total. The highest BCUT2D eigenvalue weighted by Gasteiger charge is 2.45. The molecule has 1 aromatic carbocycles. The molecule has 0 unspecified atom stereocenters. The number of piperidine rings is 1. The van der Waals surface area contributed by atoms with Crippen LogP contribution in [-0.2, 0) is 4.79 Å². The van der Waals surface area contributed by atoms with Gasteiger partial charge in [0.1, 0.15) is 11.2 Å². The molecule has 1 spiro atoms. The zero-order valence-corrected chi connectivity index (χ0v) is 16.9. The van der Waals surface area contributed by atoms with Crippen molar-refractivity contribution in [2.24, 2.45) is 5.41 Å². The van der Waals surface area contributed by atoms with E-state index in [0.717, 1.165) is 36.7 Å². The Balaban J connectivity index is 1.30. The number of pyridine rings is 1. The van der Waals surface area contributed by atoms with Crippen LogP contribution in [0.2, 0.25) is 5.15 Å². The third kappa shape index (κ3) is 3.44. The summed E-state index contributed by atoms with van der Waals surface area (Å²) in [6, 6.07) is 7.44. The highest BCUT2D eigenvalue weighted by Crippen LogP contribution is 2.53. The Kier molecular flexibility index (Phi) is 4.42. The van der Waals surface area contributed by atoms with Crippen molar-refractivity contribution in [2.45, 2.75) is 38.6 Å².